The molecule has 3 rings (SSSR count). The molecule has 22 heavy (non-hydrogen) atoms. The summed E-state index contributed by atoms with van der Waals surface area (Å²) in [5.41, 5.74) is 3.05. The second-order valence-corrected chi connectivity index (χ2v) is 6.21. The number of nitrogens with one attached hydrogen (secondary N) is 2. The summed E-state index contributed by atoms with van der Waals surface area (Å²) < 4.78 is 1.50. The van der Waals surface area contributed by atoms with Gasteiger partial charge in [0.1, 0.15) is 0 Å². The van der Waals surface area contributed by atoms with Gasteiger partial charge in [-0.15, -0.1) is 0 Å². The molecule has 1 amide bonds. The lowest BCUT2D eigenvalue weighted by molar-refractivity contribution is 0.0940. The Morgan fingerprint density at radius 2 is 2.23 bits per heavy atom. The molecular weight excluding hydrogens is 298 g/mol. The minimum atomic E-state index is -0.182. The van der Waals surface area contributed by atoms with Crippen LogP contribution in [0.15, 0.2) is 39.8 Å². The number of carbonyl (C=O) groups excluding carboxylic acids is 1. The van der Waals surface area contributed by atoms with E-state index in [1.165, 1.54) is 10.1 Å². The Morgan fingerprint density at radius 1 is 1.41 bits per heavy atom. The molecule has 0 radical (unpaired) electrons. The predicted molar refractivity (Wildman–Crippen MR) is 88.5 cm³/mol. The zero-order valence-corrected chi connectivity index (χ0v) is 13.2. The lowest BCUT2D eigenvalue weighted by atomic mass is 10.1. The van der Waals surface area contributed by atoms with Gasteiger partial charge in [-0.25, -0.2) is 4.79 Å². The number of benzene rings is 1. The fourth-order valence-electron chi connectivity index (χ4n) is 2.49. The van der Waals surface area contributed by atoms with Crippen LogP contribution >= 0.6 is 11.3 Å². The molecule has 5 nitrogen and oxygen atoms in total. The summed E-state index contributed by atoms with van der Waals surface area (Å²) in [5.74, 6) is -0.127. The second-order valence-electron chi connectivity index (χ2n) is 5.43. The minimum Gasteiger partial charge on any atom is -0.349 e. The summed E-state index contributed by atoms with van der Waals surface area (Å²) in [6.07, 6.45) is 0.806. The van der Waals surface area contributed by atoms with Crippen molar-refractivity contribution < 1.29 is 4.79 Å². The topological polar surface area (TPSA) is 66.9 Å². The van der Waals surface area contributed by atoms with Gasteiger partial charge in [-0.05, 0) is 53.9 Å². The van der Waals surface area contributed by atoms with Crippen LogP contribution in [-0.4, -0.2) is 21.5 Å². The monoisotopic (exact) mass is 315 g/mol. The van der Waals surface area contributed by atoms with Crippen molar-refractivity contribution in [2.75, 3.05) is 0 Å². The van der Waals surface area contributed by atoms with E-state index in [9.17, 15) is 9.59 Å². The first-order valence-electron chi connectivity index (χ1n) is 7.05. The van der Waals surface area contributed by atoms with Crippen molar-refractivity contribution in [1.29, 1.82) is 0 Å². The van der Waals surface area contributed by atoms with E-state index in [1.54, 1.807) is 36.6 Å². The molecular formula is C16H17N3O2S. The second kappa shape index (κ2) is 5.81. The van der Waals surface area contributed by atoms with E-state index in [2.05, 4.69) is 21.7 Å². The number of aryl methyl sites for hydroxylation is 1. The number of fused-ring (bicyclic) bond motifs is 1. The lowest BCUT2D eigenvalue weighted by Crippen LogP contribution is -2.34. The molecule has 2 aromatic heterocycles. The van der Waals surface area contributed by atoms with Crippen molar-refractivity contribution in [2.45, 2.75) is 19.4 Å². The number of aromatic nitrogens is 2. The molecule has 0 spiro atoms. The molecule has 0 saturated carbocycles. The van der Waals surface area contributed by atoms with Gasteiger partial charge in [0, 0.05) is 18.7 Å². The average Bonchev–Trinajstić information content (AvgIpc) is 3.08. The van der Waals surface area contributed by atoms with Crippen molar-refractivity contribution in [2.24, 2.45) is 7.05 Å². The molecule has 0 bridgehead atoms. The van der Waals surface area contributed by atoms with Gasteiger partial charge >= 0.3 is 5.69 Å². The SMILES string of the molecule is CC(Cc1ccsc1)NC(=O)c1ccc2[nH]c(=O)n(C)c2c1. The Bertz CT molecular complexity index is 861. The maximum atomic E-state index is 12.3. The van der Waals surface area contributed by atoms with Crippen LogP contribution < -0.4 is 11.0 Å². The first-order valence-corrected chi connectivity index (χ1v) is 7.99. The van der Waals surface area contributed by atoms with E-state index in [4.69, 9.17) is 0 Å². The number of rotatable bonds is 4. The summed E-state index contributed by atoms with van der Waals surface area (Å²) in [6, 6.07) is 7.34. The molecule has 114 valence electrons. The molecule has 0 aliphatic carbocycles. The Kier molecular flexibility index (Phi) is 3.85. The zero-order valence-electron chi connectivity index (χ0n) is 12.4. The van der Waals surface area contributed by atoms with Gasteiger partial charge in [0.15, 0.2) is 0 Å². The highest BCUT2D eigenvalue weighted by Gasteiger charge is 2.12. The molecule has 3 aromatic rings. The van der Waals surface area contributed by atoms with Gasteiger partial charge in [0.25, 0.3) is 5.91 Å². The maximum absolute atomic E-state index is 12.3. The Morgan fingerprint density at radius 3 is 2.95 bits per heavy atom. The van der Waals surface area contributed by atoms with E-state index in [0.717, 1.165) is 17.5 Å². The Labute approximate surface area is 131 Å². The molecule has 2 heterocycles. The molecule has 0 saturated heterocycles. The third-order valence-electron chi connectivity index (χ3n) is 3.67. The number of hydrogen-bond donors (Lipinski definition) is 2. The van der Waals surface area contributed by atoms with E-state index in [-0.39, 0.29) is 17.6 Å². The molecule has 0 aliphatic heterocycles. The van der Waals surface area contributed by atoms with E-state index < -0.39 is 0 Å². The average molecular weight is 315 g/mol. The number of H-pyrrole nitrogens is 1. The van der Waals surface area contributed by atoms with Crippen LogP contribution in [-0.2, 0) is 13.5 Å². The van der Waals surface area contributed by atoms with Gasteiger partial charge < -0.3 is 10.3 Å². The van der Waals surface area contributed by atoms with Crippen molar-refractivity contribution >= 4 is 28.3 Å². The number of aromatic amines is 1. The van der Waals surface area contributed by atoms with Gasteiger partial charge in [-0.1, -0.05) is 0 Å². The van der Waals surface area contributed by atoms with Crippen LogP contribution in [0.5, 0.6) is 0 Å². The Balaban J connectivity index is 1.77. The number of amides is 1. The fraction of sp³-hybridized carbons (Fsp3) is 0.250. The maximum Gasteiger partial charge on any atom is 0.326 e. The smallest absolute Gasteiger partial charge is 0.326 e. The van der Waals surface area contributed by atoms with Crippen molar-refractivity contribution in [3.63, 3.8) is 0 Å². The Hall–Kier alpha value is -2.34. The van der Waals surface area contributed by atoms with Crippen LogP contribution in [0.4, 0.5) is 0 Å². The normalized spacial score (nSPS) is 12.5. The number of hydrogen-bond acceptors (Lipinski definition) is 3. The molecule has 1 unspecified atom stereocenters. The number of thiophene rings is 1. The summed E-state index contributed by atoms with van der Waals surface area (Å²) in [5, 5.41) is 7.11. The summed E-state index contributed by atoms with van der Waals surface area (Å²) in [4.78, 5) is 26.7. The fourth-order valence-corrected chi connectivity index (χ4v) is 3.17. The number of nitrogens with zero attached hydrogens (tertiary/aromatic N) is 1. The third kappa shape index (κ3) is 2.82. The molecule has 2 N–H and O–H groups in total. The highest BCUT2D eigenvalue weighted by atomic mass is 32.1. The van der Waals surface area contributed by atoms with Crippen molar-refractivity contribution in [1.82, 2.24) is 14.9 Å². The van der Waals surface area contributed by atoms with Crippen LogP contribution in [0.3, 0.4) is 0 Å². The number of carbonyl (C=O) groups is 1. The van der Waals surface area contributed by atoms with Crippen molar-refractivity contribution in [3.05, 3.63) is 56.6 Å². The van der Waals surface area contributed by atoms with E-state index in [0.29, 0.717) is 5.56 Å². The minimum absolute atomic E-state index is 0.0489. The summed E-state index contributed by atoms with van der Waals surface area (Å²) >= 11 is 1.65. The quantitative estimate of drug-likeness (QED) is 0.776. The molecule has 0 fully saturated rings. The van der Waals surface area contributed by atoms with E-state index in [1.807, 2.05) is 12.3 Å². The van der Waals surface area contributed by atoms with Gasteiger partial charge in [0.2, 0.25) is 0 Å². The molecule has 1 atom stereocenters. The summed E-state index contributed by atoms with van der Waals surface area (Å²) in [6.45, 7) is 1.99. The highest BCUT2D eigenvalue weighted by Crippen LogP contribution is 2.13. The zero-order chi connectivity index (χ0) is 15.7. The predicted octanol–water partition coefficient (Wildman–Crippen LogP) is 2.29. The van der Waals surface area contributed by atoms with E-state index >= 15 is 0 Å². The highest BCUT2D eigenvalue weighted by molar-refractivity contribution is 7.07. The molecule has 1 aromatic carbocycles. The first-order chi connectivity index (χ1) is 10.5. The third-order valence-corrected chi connectivity index (χ3v) is 4.40. The molecule has 0 aliphatic rings. The van der Waals surface area contributed by atoms with Gasteiger partial charge in [0.05, 0.1) is 11.0 Å². The van der Waals surface area contributed by atoms with Gasteiger partial charge in [-0.3, -0.25) is 9.36 Å². The standard InChI is InChI=1S/C16H17N3O2S/c1-10(7-11-5-6-22-9-11)17-15(20)12-3-4-13-14(8-12)19(2)16(21)18-13/h3-6,8-10H,7H2,1-2H3,(H,17,20)(H,18,21). The van der Waals surface area contributed by atoms with Crippen molar-refractivity contribution in [3.8, 4) is 0 Å². The number of imidazole rings is 1. The molecule has 6 heteroatoms. The van der Waals surface area contributed by atoms with Crippen LogP contribution in [0.1, 0.15) is 22.8 Å². The largest absolute Gasteiger partial charge is 0.349 e. The van der Waals surface area contributed by atoms with Crippen LogP contribution in [0.2, 0.25) is 0 Å². The van der Waals surface area contributed by atoms with Crippen LogP contribution in [0.25, 0.3) is 11.0 Å². The summed E-state index contributed by atoms with van der Waals surface area (Å²) in [7, 11) is 1.68. The first kappa shape index (κ1) is 14.6. The van der Waals surface area contributed by atoms with Crippen LogP contribution in [0, 0.1) is 0 Å². The van der Waals surface area contributed by atoms with Gasteiger partial charge in [-0.2, -0.15) is 11.3 Å². The lowest BCUT2D eigenvalue weighted by Gasteiger charge is -2.13.